The molecule has 0 aliphatic heterocycles. The van der Waals surface area contributed by atoms with E-state index in [4.69, 9.17) is 4.74 Å². The van der Waals surface area contributed by atoms with Gasteiger partial charge in [-0.3, -0.25) is 9.59 Å². The third kappa shape index (κ3) is 8.73. The molecular formula is C31H45N3O5. The third-order valence-corrected chi connectivity index (χ3v) is 6.12. The normalized spacial score (nSPS) is 13.4. The minimum atomic E-state index is -1.19. The molecule has 2 aromatic rings. The number of para-hydroxylation sites is 2. The number of carbonyl (C=O) groups is 3. The molecule has 0 aliphatic carbocycles. The second-order valence-electron chi connectivity index (χ2n) is 12.4. The molecule has 0 radical (unpaired) electrons. The first-order valence-electron chi connectivity index (χ1n) is 13.4. The molecule has 8 heteroatoms. The molecule has 0 heterocycles. The van der Waals surface area contributed by atoms with Gasteiger partial charge in [-0.05, 0) is 84.9 Å². The van der Waals surface area contributed by atoms with Gasteiger partial charge in [0.1, 0.15) is 23.4 Å². The Morgan fingerprint density at radius 3 is 1.97 bits per heavy atom. The number of nitrogens with one attached hydrogen (secondary N) is 2. The molecule has 0 aliphatic rings. The van der Waals surface area contributed by atoms with E-state index in [1.165, 1.54) is 11.0 Å². The van der Waals surface area contributed by atoms with E-state index in [1.54, 1.807) is 39.0 Å². The van der Waals surface area contributed by atoms with Crippen molar-refractivity contribution in [3.63, 3.8) is 0 Å². The summed E-state index contributed by atoms with van der Waals surface area (Å²) in [6.07, 6.45) is -0.383. The summed E-state index contributed by atoms with van der Waals surface area (Å²) in [4.78, 5) is 42.6. The molecule has 3 amide bonds. The number of alkyl carbamates (subject to hydrolysis) is 1. The van der Waals surface area contributed by atoms with E-state index >= 15 is 0 Å². The molecule has 2 atom stereocenters. The standard InChI is InChI=1S/C31H45N3O5/c1-19(2)18-23(32-29(38)39-31(8,9)10)28(37)34(30(5,6)7)26(22-16-11-12-17-24(22)35)27(36)33-25-20(3)14-13-15-21(25)4/h11-17,19,23,26,35H,18H2,1-10H3,(H,32,38)(H,33,36). The third-order valence-electron chi connectivity index (χ3n) is 6.12. The Hall–Kier alpha value is -3.55. The Morgan fingerprint density at radius 1 is 0.923 bits per heavy atom. The monoisotopic (exact) mass is 539 g/mol. The topological polar surface area (TPSA) is 108 Å². The predicted molar refractivity (Wildman–Crippen MR) is 155 cm³/mol. The minimum absolute atomic E-state index is 0.0581. The lowest BCUT2D eigenvalue weighted by atomic mass is 9.93. The second kappa shape index (κ2) is 12.5. The lowest BCUT2D eigenvalue weighted by molar-refractivity contribution is -0.147. The molecular weight excluding hydrogens is 494 g/mol. The number of aryl methyl sites for hydroxylation is 2. The quantitative estimate of drug-likeness (QED) is 0.367. The zero-order valence-electron chi connectivity index (χ0n) is 25.0. The summed E-state index contributed by atoms with van der Waals surface area (Å²) in [5, 5.41) is 16.6. The van der Waals surface area contributed by atoms with E-state index in [2.05, 4.69) is 10.6 Å². The number of phenolic OH excluding ortho intramolecular Hbond substituents is 1. The number of aromatic hydroxyl groups is 1. The number of rotatable bonds is 8. The fourth-order valence-electron chi connectivity index (χ4n) is 4.48. The van der Waals surface area contributed by atoms with Crippen LogP contribution >= 0.6 is 0 Å². The van der Waals surface area contributed by atoms with Crippen molar-refractivity contribution in [2.75, 3.05) is 5.32 Å². The Balaban J connectivity index is 2.65. The first-order valence-corrected chi connectivity index (χ1v) is 13.4. The highest BCUT2D eigenvalue weighted by molar-refractivity contribution is 6.00. The Labute approximate surface area is 233 Å². The number of carbonyl (C=O) groups excluding carboxylic acids is 3. The summed E-state index contributed by atoms with van der Waals surface area (Å²) in [5.41, 5.74) is 1.06. The highest BCUT2D eigenvalue weighted by atomic mass is 16.6. The molecule has 2 unspecified atom stereocenters. The van der Waals surface area contributed by atoms with Crippen molar-refractivity contribution in [2.45, 2.75) is 98.9 Å². The van der Waals surface area contributed by atoms with Crippen LogP contribution < -0.4 is 10.6 Å². The van der Waals surface area contributed by atoms with Crippen molar-refractivity contribution in [1.82, 2.24) is 10.2 Å². The van der Waals surface area contributed by atoms with Crippen molar-refractivity contribution >= 4 is 23.6 Å². The molecule has 0 saturated heterocycles. The molecule has 0 spiro atoms. The number of phenols is 1. The molecule has 8 nitrogen and oxygen atoms in total. The van der Waals surface area contributed by atoms with Crippen LogP contribution in [0.15, 0.2) is 42.5 Å². The van der Waals surface area contributed by atoms with Gasteiger partial charge >= 0.3 is 6.09 Å². The minimum Gasteiger partial charge on any atom is -0.508 e. The van der Waals surface area contributed by atoms with Gasteiger partial charge in [-0.15, -0.1) is 0 Å². The van der Waals surface area contributed by atoms with Crippen molar-refractivity contribution < 1.29 is 24.2 Å². The van der Waals surface area contributed by atoms with Crippen LogP contribution in [-0.2, 0) is 14.3 Å². The van der Waals surface area contributed by atoms with Gasteiger partial charge < -0.3 is 25.4 Å². The van der Waals surface area contributed by atoms with E-state index < -0.39 is 41.1 Å². The molecule has 39 heavy (non-hydrogen) atoms. The first-order chi connectivity index (χ1) is 17.9. The highest BCUT2D eigenvalue weighted by Crippen LogP contribution is 2.36. The van der Waals surface area contributed by atoms with Crippen LogP contribution in [0.1, 0.15) is 84.5 Å². The van der Waals surface area contributed by atoms with E-state index in [-0.39, 0.29) is 17.2 Å². The fraction of sp³-hybridized carbons (Fsp3) is 0.516. The summed E-state index contributed by atoms with van der Waals surface area (Å²) in [7, 11) is 0. The van der Waals surface area contributed by atoms with Crippen LogP contribution in [0.25, 0.3) is 0 Å². The number of hydrogen-bond donors (Lipinski definition) is 3. The van der Waals surface area contributed by atoms with Crippen molar-refractivity contribution in [3.8, 4) is 5.75 Å². The first kappa shape index (κ1) is 31.7. The van der Waals surface area contributed by atoms with Crippen LogP contribution in [0.3, 0.4) is 0 Å². The average Bonchev–Trinajstić information content (AvgIpc) is 2.77. The van der Waals surface area contributed by atoms with E-state index in [9.17, 15) is 19.5 Å². The molecule has 2 aromatic carbocycles. The molecule has 3 N–H and O–H groups in total. The molecule has 0 saturated carbocycles. The van der Waals surface area contributed by atoms with Gasteiger partial charge in [0, 0.05) is 16.8 Å². The Bertz CT molecular complexity index is 1160. The lowest BCUT2D eigenvalue weighted by Crippen LogP contribution is -2.58. The van der Waals surface area contributed by atoms with Gasteiger partial charge in [0.2, 0.25) is 5.91 Å². The number of amides is 3. The van der Waals surface area contributed by atoms with Crippen LogP contribution in [0, 0.1) is 19.8 Å². The molecule has 2 rings (SSSR count). The van der Waals surface area contributed by atoms with Gasteiger partial charge in [-0.25, -0.2) is 4.79 Å². The van der Waals surface area contributed by atoms with Crippen molar-refractivity contribution in [2.24, 2.45) is 5.92 Å². The van der Waals surface area contributed by atoms with Crippen LogP contribution in [0.2, 0.25) is 0 Å². The molecule has 0 fully saturated rings. The number of anilines is 1. The summed E-state index contributed by atoms with van der Waals surface area (Å²) in [6.45, 7) is 18.4. The van der Waals surface area contributed by atoms with Gasteiger partial charge in [0.15, 0.2) is 0 Å². The fourth-order valence-corrected chi connectivity index (χ4v) is 4.48. The maximum Gasteiger partial charge on any atom is 0.408 e. The van der Waals surface area contributed by atoms with Crippen LogP contribution in [-0.4, -0.2) is 45.1 Å². The summed E-state index contributed by atoms with van der Waals surface area (Å²) < 4.78 is 5.44. The highest BCUT2D eigenvalue weighted by Gasteiger charge is 2.43. The molecule has 214 valence electrons. The summed E-state index contributed by atoms with van der Waals surface area (Å²) in [5.74, 6) is -0.978. The van der Waals surface area contributed by atoms with Crippen molar-refractivity contribution in [1.29, 1.82) is 0 Å². The van der Waals surface area contributed by atoms with E-state index in [1.807, 2.05) is 66.7 Å². The SMILES string of the molecule is Cc1cccc(C)c1NC(=O)C(c1ccccc1O)N(C(=O)C(CC(C)C)NC(=O)OC(C)(C)C)C(C)(C)C. The van der Waals surface area contributed by atoms with Crippen molar-refractivity contribution in [3.05, 3.63) is 59.2 Å². The van der Waals surface area contributed by atoms with Gasteiger partial charge in [-0.1, -0.05) is 50.2 Å². The van der Waals surface area contributed by atoms with Gasteiger partial charge in [-0.2, -0.15) is 0 Å². The smallest absolute Gasteiger partial charge is 0.408 e. The van der Waals surface area contributed by atoms with Gasteiger partial charge in [0.25, 0.3) is 5.91 Å². The number of hydrogen-bond acceptors (Lipinski definition) is 5. The zero-order valence-corrected chi connectivity index (χ0v) is 25.0. The van der Waals surface area contributed by atoms with E-state index in [0.717, 1.165) is 11.1 Å². The van der Waals surface area contributed by atoms with Crippen LogP contribution in [0.4, 0.5) is 10.5 Å². The summed E-state index contributed by atoms with van der Waals surface area (Å²) in [6, 6.07) is 10.1. The summed E-state index contributed by atoms with van der Waals surface area (Å²) >= 11 is 0. The largest absolute Gasteiger partial charge is 0.508 e. The lowest BCUT2D eigenvalue weighted by Gasteiger charge is -2.43. The predicted octanol–water partition coefficient (Wildman–Crippen LogP) is 6.26. The van der Waals surface area contributed by atoms with Crippen LogP contribution in [0.5, 0.6) is 5.75 Å². The molecule has 0 aromatic heterocycles. The maximum absolute atomic E-state index is 14.3. The Morgan fingerprint density at radius 2 is 1.49 bits per heavy atom. The second-order valence-corrected chi connectivity index (χ2v) is 12.4. The number of nitrogens with zero attached hydrogens (tertiary/aromatic N) is 1. The maximum atomic E-state index is 14.3. The van der Waals surface area contributed by atoms with Gasteiger partial charge in [0.05, 0.1) is 0 Å². The Kier molecular flexibility index (Phi) is 10.2. The zero-order chi connectivity index (χ0) is 29.7. The molecule has 0 bridgehead atoms. The number of ether oxygens (including phenoxy) is 1. The van der Waals surface area contributed by atoms with E-state index in [0.29, 0.717) is 12.1 Å². The number of benzene rings is 2. The average molecular weight is 540 g/mol.